The normalized spacial score (nSPS) is 11.9. The predicted molar refractivity (Wildman–Crippen MR) is 121 cm³/mol. The van der Waals surface area contributed by atoms with Gasteiger partial charge in [0.1, 0.15) is 5.69 Å². The van der Waals surface area contributed by atoms with E-state index in [1.165, 1.54) is 7.11 Å². The lowest BCUT2D eigenvalue weighted by Gasteiger charge is -2.28. The summed E-state index contributed by atoms with van der Waals surface area (Å²) in [6, 6.07) is 12.6. The topological polar surface area (TPSA) is 68.6 Å². The van der Waals surface area contributed by atoms with Crippen molar-refractivity contribution in [2.75, 3.05) is 13.7 Å². The maximum absolute atomic E-state index is 13.5. The van der Waals surface area contributed by atoms with Crippen molar-refractivity contribution in [1.82, 2.24) is 9.47 Å². The fourth-order valence-electron chi connectivity index (χ4n) is 4.24. The van der Waals surface area contributed by atoms with E-state index in [0.29, 0.717) is 34.6 Å². The Kier molecular flexibility index (Phi) is 6.29. The molecule has 0 radical (unpaired) electrons. The molecule has 1 heterocycles. The van der Waals surface area contributed by atoms with Gasteiger partial charge in [-0.05, 0) is 50.1 Å². The Morgan fingerprint density at radius 3 is 2.35 bits per heavy atom. The molecule has 1 amide bonds. The van der Waals surface area contributed by atoms with Gasteiger partial charge in [0, 0.05) is 30.4 Å². The molecule has 0 fully saturated rings. The number of amides is 1. The first kappa shape index (κ1) is 22.3. The molecule has 31 heavy (non-hydrogen) atoms. The van der Waals surface area contributed by atoms with Crippen molar-refractivity contribution in [3.05, 3.63) is 70.5 Å². The number of ketones is 1. The van der Waals surface area contributed by atoms with Gasteiger partial charge in [-0.25, -0.2) is 4.79 Å². The van der Waals surface area contributed by atoms with Gasteiger partial charge in [-0.3, -0.25) is 9.59 Å². The maximum atomic E-state index is 13.5. The Morgan fingerprint density at radius 2 is 1.71 bits per heavy atom. The number of hydrogen-bond donors (Lipinski definition) is 0. The molecule has 0 spiro atoms. The van der Waals surface area contributed by atoms with E-state index >= 15 is 0 Å². The van der Waals surface area contributed by atoms with Crippen LogP contribution in [-0.4, -0.2) is 46.8 Å². The molecule has 0 saturated carbocycles. The summed E-state index contributed by atoms with van der Waals surface area (Å²) in [5, 5.41) is 1.83. The van der Waals surface area contributed by atoms with Crippen LogP contribution < -0.4 is 0 Å². The Balaban J connectivity index is 2.01. The zero-order chi connectivity index (χ0) is 22.9. The summed E-state index contributed by atoms with van der Waals surface area (Å²) >= 11 is 0. The van der Waals surface area contributed by atoms with Gasteiger partial charge in [-0.2, -0.15) is 0 Å². The summed E-state index contributed by atoms with van der Waals surface area (Å²) in [5.74, 6) is -0.884. The minimum absolute atomic E-state index is 0.195. The third kappa shape index (κ3) is 3.74. The first-order valence-electron chi connectivity index (χ1n) is 10.3. The summed E-state index contributed by atoms with van der Waals surface area (Å²) in [6.07, 6.45) is 0. The van der Waals surface area contributed by atoms with Crippen LogP contribution in [0.4, 0.5) is 0 Å². The number of methoxy groups -OCH3 is 1. The molecule has 6 nitrogen and oxygen atoms in total. The minimum atomic E-state index is -0.693. The average Bonchev–Trinajstić information content (AvgIpc) is 3.00. The molecule has 0 aliphatic heterocycles. The summed E-state index contributed by atoms with van der Waals surface area (Å²) in [6.45, 7) is 7.50. The average molecular weight is 421 g/mol. The Hall–Kier alpha value is -3.41. The van der Waals surface area contributed by atoms with E-state index in [1.807, 2.05) is 43.3 Å². The number of carbonyl (C=O) groups is 3. The second-order valence-corrected chi connectivity index (χ2v) is 7.64. The van der Waals surface area contributed by atoms with E-state index in [9.17, 15) is 14.4 Å². The summed E-state index contributed by atoms with van der Waals surface area (Å²) < 4.78 is 6.55. The van der Waals surface area contributed by atoms with Crippen LogP contribution in [-0.2, 0) is 11.8 Å². The molecule has 2 aromatic carbocycles. The van der Waals surface area contributed by atoms with Gasteiger partial charge in [-0.1, -0.05) is 36.4 Å². The smallest absolute Gasteiger partial charge is 0.354 e. The van der Waals surface area contributed by atoms with Crippen molar-refractivity contribution in [3.63, 3.8) is 0 Å². The molecule has 0 aliphatic carbocycles. The maximum Gasteiger partial charge on any atom is 0.354 e. The standard InChI is InChI=1S/C25H28N2O4/c1-7-27(24(29)20-14-10-12-18-11-8-9-13-19(18)20)17(4)23(28)21-15(2)22(25(30)31-6)26(5)16(21)3/h8-14,17H,7H2,1-6H3/t17-/m0/s1. The Labute approximate surface area is 182 Å². The van der Waals surface area contributed by atoms with Gasteiger partial charge >= 0.3 is 5.97 Å². The molecule has 162 valence electrons. The summed E-state index contributed by atoms with van der Waals surface area (Å²) in [4.78, 5) is 40.7. The highest BCUT2D eigenvalue weighted by molar-refractivity contribution is 6.11. The van der Waals surface area contributed by atoms with E-state index < -0.39 is 12.0 Å². The highest BCUT2D eigenvalue weighted by atomic mass is 16.5. The van der Waals surface area contributed by atoms with Crippen LogP contribution in [0.5, 0.6) is 0 Å². The van der Waals surface area contributed by atoms with Crippen LogP contribution >= 0.6 is 0 Å². The molecule has 1 atom stereocenters. The third-order valence-electron chi connectivity index (χ3n) is 6.02. The van der Waals surface area contributed by atoms with E-state index in [4.69, 9.17) is 4.74 Å². The van der Waals surface area contributed by atoms with Crippen molar-refractivity contribution in [3.8, 4) is 0 Å². The number of fused-ring (bicyclic) bond motifs is 1. The van der Waals surface area contributed by atoms with Gasteiger partial charge in [-0.15, -0.1) is 0 Å². The SMILES string of the molecule is CCN(C(=O)c1cccc2ccccc12)[C@@H](C)C(=O)c1c(C)c(C(=O)OC)n(C)c1C. The number of ether oxygens (including phenoxy) is 1. The van der Waals surface area contributed by atoms with Crippen molar-refractivity contribution in [2.24, 2.45) is 7.05 Å². The van der Waals surface area contributed by atoms with E-state index in [1.54, 1.807) is 43.4 Å². The van der Waals surface area contributed by atoms with Gasteiger partial charge in [0.05, 0.1) is 13.2 Å². The van der Waals surface area contributed by atoms with Crippen LogP contribution in [0.15, 0.2) is 42.5 Å². The van der Waals surface area contributed by atoms with Gasteiger partial charge < -0.3 is 14.2 Å². The molecular formula is C25H28N2O4. The molecule has 0 unspecified atom stereocenters. The van der Waals surface area contributed by atoms with Gasteiger partial charge in [0.15, 0.2) is 5.78 Å². The fraction of sp³-hybridized carbons (Fsp3) is 0.320. The molecule has 0 bridgehead atoms. The molecule has 6 heteroatoms. The van der Waals surface area contributed by atoms with E-state index in [2.05, 4.69) is 0 Å². The van der Waals surface area contributed by atoms with Crippen LogP contribution in [0.2, 0.25) is 0 Å². The van der Waals surface area contributed by atoms with Crippen LogP contribution in [0.3, 0.4) is 0 Å². The number of likely N-dealkylation sites (N-methyl/N-ethyl adjacent to an activating group) is 1. The number of carbonyl (C=O) groups excluding carboxylic acids is 3. The third-order valence-corrected chi connectivity index (χ3v) is 6.02. The van der Waals surface area contributed by atoms with Crippen molar-refractivity contribution < 1.29 is 19.1 Å². The number of esters is 1. The number of aromatic nitrogens is 1. The summed E-state index contributed by atoms with van der Waals surface area (Å²) in [5.41, 5.74) is 2.61. The number of rotatable bonds is 6. The quantitative estimate of drug-likeness (QED) is 0.440. The Morgan fingerprint density at radius 1 is 1.06 bits per heavy atom. The zero-order valence-electron chi connectivity index (χ0n) is 18.9. The predicted octanol–water partition coefficient (Wildman–Crippen LogP) is 4.32. The summed E-state index contributed by atoms with van der Waals surface area (Å²) in [7, 11) is 3.05. The van der Waals surface area contributed by atoms with Crippen molar-refractivity contribution in [2.45, 2.75) is 33.7 Å². The number of hydrogen-bond acceptors (Lipinski definition) is 4. The van der Waals surface area contributed by atoms with Crippen molar-refractivity contribution in [1.29, 1.82) is 0 Å². The van der Waals surface area contributed by atoms with E-state index in [-0.39, 0.29) is 11.7 Å². The zero-order valence-corrected chi connectivity index (χ0v) is 18.9. The minimum Gasteiger partial charge on any atom is -0.464 e. The lowest BCUT2D eigenvalue weighted by atomic mass is 9.98. The molecule has 3 aromatic rings. The second-order valence-electron chi connectivity index (χ2n) is 7.64. The number of Topliss-reactive ketones (excluding diaryl/α,β-unsaturated/α-hetero) is 1. The molecule has 1 aromatic heterocycles. The molecule has 0 saturated heterocycles. The van der Waals surface area contributed by atoms with Gasteiger partial charge in [0.25, 0.3) is 5.91 Å². The lowest BCUT2D eigenvalue weighted by Crippen LogP contribution is -2.43. The highest BCUT2D eigenvalue weighted by Gasteiger charge is 2.32. The highest BCUT2D eigenvalue weighted by Crippen LogP contribution is 2.26. The molecular weight excluding hydrogens is 392 g/mol. The fourth-order valence-corrected chi connectivity index (χ4v) is 4.24. The Bertz CT molecular complexity index is 1170. The number of benzene rings is 2. The van der Waals surface area contributed by atoms with Crippen LogP contribution in [0.1, 0.15) is 56.3 Å². The first-order valence-corrected chi connectivity index (χ1v) is 10.3. The van der Waals surface area contributed by atoms with Crippen LogP contribution in [0.25, 0.3) is 10.8 Å². The first-order chi connectivity index (χ1) is 14.7. The second kappa shape index (κ2) is 8.76. The van der Waals surface area contributed by atoms with E-state index in [0.717, 1.165) is 10.8 Å². The monoisotopic (exact) mass is 420 g/mol. The number of nitrogens with zero attached hydrogens (tertiary/aromatic N) is 2. The molecule has 0 aliphatic rings. The van der Waals surface area contributed by atoms with Crippen molar-refractivity contribution >= 4 is 28.4 Å². The molecule has 0 N–H and O–H groups in total. The van der Waals surface area contributed by atoms with Gasteiger partial charge in [0.2, 0.25) is 0 Å². The largest absolute Gasteiger partial charge is 0.464 e. The lowest BCUT2D eigenvalue weighted by molar-refractivity contribution is 0.0588. The molecule has 3 rings (SSSR count). The van der Waals surface area contributed by atoms with Crippen LogP contribution in [0, 0.1) is 13.8 Å².